The SMILES string of the molecule is CCN(CC1CCOC1)S(=O)(=O)c1cc(Br)c(C)cc1Br. The molecule has 1 atom stereocenters. The first kappa shape index (κ1) is 17.4. The molecule has 1 fully saturated rings. The summed E-state index contributed by atoms with van der Waals surface area (Å²) >= 11 is 6.78. The van der Waals surface area contributed by atoms with Crippen molar-refractivity contribution in [3.8, 4) is 0 Å². The standard InChI is InChI=1S/C14H19Br2NO3S/c1-3-17(8-11-4-5-20-9-11)21(18,19)14-7-12(15)10(2)6-13(14)16/h6-7,11H,3-5,8-9H2,1-2H3. The highest BCUT2D eigenvalue weighted by molar-refractivity contribution is 9.11. The van der Waals surface area contributed by atoms with Gasteiger partial charge in [0.15, 0.2) is 0 Å². The van der Waals surface area contributed by atoms with E-state index in [1.54, 1.807) is 6.07 Å². The number of hydrogen-bond donors (Lipinski definition) is 0. The number of aryl methyl sites for hydroxylation is 1. The van der Waals surface area contributed by atoms with Crippen LogP contribution in [0.25, 0.3) is 0 Å². The van der Waals surface area contributed by atoms with E-state index < -0.39 is 10.0 Å². The van der Waals surface area contributed by atoms with Gasteiger partial charge < -0.3 is 4.74 Å². The molecule has 1 aliphatic heterocycles. The molecule has 1 unspecified atom stereocenters. The summed E-state index contributed by atoms with van der Waals surface area (Å²) in [5, 5.41) is 0. The maximum absolute atomic E-state index is 12.9. The van der Waals surface area contributed by atoms with Crippen LogP contribution < -0.4 is 0 Å². The monoisotopic (exact) mass is 439 g/mol. The second-order valence-corrected chi connectivity index (χ2v) is 8.83. The number of rotatable bonds is 5. The van der Waals surface area contributed by atoms with E-state index in [0.717, 1.165) is 23.1 Å². The Hall–Kier alpha value is 0.0500. The van der Waals surface area contributed by atoms with Gasteiger partial charge in [0.1, 0.15) is 0 Å². The molecule has 4 nitrogen and oxygen atoms in total. The highest BCUT2D eigenvalue weighted by atomic mass is 79.9. The lowest BCUT2D eigenvalue weighted by molar-refractivity contribution is 0.181. The molecule has 0 saturated carbocycles. The van der Waals surface area contributed by atoms with Crippen molar-refractivity contribution < 1.29 is 13.2 Å². The predicted octanol–water partition coefficient (Wildman–Crippen LogP) is 3.57. The van der Waals surface area contributed by atoms with E-state index in [0.29, 0.717) is 29.1 Å². The Morgan fingerprint density at radius 2 is 2.05 bits per heavy atom. The van der Waals surface area contributed by atoms with E-state index in [9.17, 15) is 8.42 Å². The number of benzene rings is 1. The number of halogens is 2. The third-order valence-electron chi connectivity index (χ3n) is 3.67. The van der Waals surface area contributed by atoms with Crippen LogP contribution in [0.4, 0.5) is 0 Å². The van der Waals surface area contributed by atoms with E-state index in [1.165, 1.54) is 4.31 Å². The van der Waals surface area contributed by atoms with Crippen LogP contribution in [0.3, 0.4) is 0 Å². The van der Waals surface area contributed by atoms with E-state index in [2.05, 4.69) is 31.9 Å². The maximum atomic E-state index is 12.9. The summed E-state index contributed by atoms with van der Waals surface area (Å²) in [6.45, 7) is 6.13. The number of hydrogen-bond acceptors (Lipinski definition) is 3. The van der Waals surface area contributed by atoms with Crippen molar-refractivity contribution in [2.45, 2.75) is 25.2 Å². The van der Waals surface area contributed by atoms with Crippen molar-refractivity contribution in [1.29, 1.82) is 0 Å². The summed E-state index contributed by atoms with van der Waals surface area (Å²) in [7, 11) is -3.51. The number of ether oxygens (including phenoxy) is 1. The maximum Gasteiger partial charge on any atom is 0.244 e. The molecule has 1 aromatic carbocycles. The van der Waals surface area contributed by atoms with Crippen molar-refractivity contribution in [3.63, 3.8) is 0 Å². The second-order valence-electron chi connectivity index (χ2n) is 5.22. The van der Waals surface area contributed by atoms with Crippen LogP contribution in [0, 0.1) is 12.8 Å². The van der Waals surface area contributed by atoms with Crippen LogP contribution in [-0.4, -0.2) is 39.0 Å². The number of nitrogens with zero attached hydrogens (tertiary/aromatic N) is 1. The smallest absolute Gasteiger partial charge is 0.244 e. The van der Waals surface area contributed by atoms with Gasteiger partial charge >= 0.3 is 0 Å². The Labute approximate surface area is 143 Å². The second kappa shape index (κ2) is 7.08. The van der Waals surface area contributed by atoms with Crippen LogP contribution in [0.1, 0.15) is 18.9 Å². The molecular weight excluding hydrogens is 422 g/mol. The van der Waals surface area contributed by atoms with Gasteiger partial charge in [-0.15, -0.1) is 0 Å². The van der Waals surface area contributed by atoms with Gasteiger partial charge in [0.05, 0.1) is 11.5 Å². The minimum Gasteiger partial charge on any atom is -0.381 e. The normalized spacial score (nSPS) is 19.4. The third-order valence-corrected chi connectivity index (χ3v) is 7.42. The molecule has 0 radical (unpaired) electrons. The largest absolute Gasteiger partial charge is 0.381 e. The Morgan fingerprint density at radius 3 is 2.62 bits per heavy atom. The van der Waals surface area contributed by atoms with Crippen molar-refractivity contribution in [2.24, 2.45) is 5.92 Å². The van der Waals surface area contributed by atoms with Crippen molar-refractivity contribution >= 4 is 41.9 Å². The zero-order valence-electron chi connectivity index (χ0n) is 12.1. The van der Waals surface area contributed by atoms with Gasteiger partial charge in [-0.2, -0.15) is 4.31 Å². The molecule has 2 rings (SSSR count). The fourth-order valence-electron chi connectivity index (χ4n) is 2.38. The molecule has 0 spiro atoms. The minimum absolute atomic E-state index is 0.285. The lowest BCUT2D eigenvalue weighted by Crippen LogP contribution is -2.35. The van der Waals surface area contributed by atoms with Crippen LogP contribution in [0.15, 0.2) is 26.0 Å². The Bertz CT molecular complexity index is 613. The average molecular weight is 441 g/mol. The van der Waals surface area contributed by atoms with E-state index in [1.807, 2.05) is 19.9 Å². The molecule has 7 heteroatoms. The van der Waals surface area contributed by atoms with Gasteiger partial charge in [0, 0.05) is 28.6 Å². The van der Waals surface area contributed by atoms with Crippen LogP contribution in [0.2, 0.25) is 0 Å². The summed E-state index contributed by atoms with van der Waals surface area (Å²) in [5.74, 6) is 0.285. The Balaban J connectivity index is 2.32. The molecule has 0 N–H and O–H groups in total. The molecule has 1 aromatic rings. The Kier molecular flexibility index (Phi) is 5.87. The summed E-state index contributed by atoms with van der Waals surface area (Å²) in [5.41, 5.74) is 0.994. The van der Waals surface area contributed by atoms with E-state index >= 15 is 0 Å². The summed E-state index contributed by atoms with van der Waals surface area (Å²) < 4.78 is 34.0. The fourth-order valence-corrected chi connectivity index (χ4v) is 5.54. The average Bonchev–Trinajstić information content (AvgIpc) is 2.92. The molecule has 0 bridgehead atoms. The quantitative estimate of drug-likeness (QED) is 0.703. The molecule has 118 valence electrons. The van der Waals surface area contributed by atoms with E-state index in [4.69, 9.17) is 4.74 Å². The van der Waals surface area contributed by atoms with Crippen molar-refractivity contribution in [3.05, 3.63) is 26.6 Å². The lowest BCUT2D eigenvalue weighted by atomic mass is 10.1. The van der Waals surface area contributed by atoms with Gasteiger partial charge in [-0.05, 0) is 52.9 Å². The zero-order chi connectivity index (χ0) is 15.6. The first-order valence-electron chi connectivity index (χ1n) is 6.89. The molecular formula is C14H19Br2NO3S. The lowest BCUT2D eigenvalue weighted by Gasteiger charge is -2.24. The summed E-state index contributed by atoms with van der Waals surface area (Å²) in [6, 6.07) is 3.49. The highest BCUT2D eigenvalue weighted by Crippen LogP contribution is 2.31. The summed E-state index contributed by atoms with van der Waals surface area (Å²) in [6.07, 6.45) is 0.921. The molecule has 1 aliphatic rings. The first-order chi connectivity index (χ1) is 9.86. The van der Waals surface area contributed by atoms with Crippen LogP contribution in [0.5, 0.6) is 0 Å². The zero-order valence-corrected chi connectivity index (χ0v) is 16.1. The molecule has 0 aromatic heterocycles. The Morgan fingerprint density at radius 1 is 1.33 bits per heavy atom. The molecule has 1 heterocycles. The predicted molar refractivity (Wildman–Crippen MR) is 89.9 cm³/mol. The molecule has 21 heavy (non-hydrogen) atoms. The third kappa shape index (κ3) is 3.88. The minimum atomic E-state index is -3.51. The van der Waals surface area contributed by atoms with Gasteiger partial charge in [-0.25, -0.2) is 8.42 Å². The van der Waals surface area contributed by atoms with Gasteiger partial charge in [0.25, 0.3) is 0 Å². The fraction of sp³-hybridized carbons (Fsp3) is 0.571. The van der Waals surface area contributed by atoms with E-state index in [-0.39, 0.29) is 5.92 Å². The highest BCUT2D eigenvalue weighted by Gasteiger charge is 2.29. The van der Waals surface area contributed by atoms with Crippen molar-refractivity contribution in [1.82, 2.24) is 4.31 Å². The summed E-state index contributed by atoms with van der Waals surface area (Å²) in [4.78, 5) is 0.306. The molecule has 0 aliphatic carbocycles. The molecule has 1 saturated heterocycles. The van der Waals surface area contributed by atoms with Crippen LogP contribution in [-0.2, 0) is 14.8 Å². The van der Waals surface area contributed by atoms with Crippen LogP contribution >= 0.6 is 31.9 Å². The van der Waals surface area contributed by atoms with Gasteiger partial charge in [0.2, 0.25) is 10.0 Å². The van der Waals surface area contributed by atoms with Crippen molar-refractivity contribution in [2.75, 3.05) is 26.3 Å². The number of sulfonamides is 1. The van der Waals surface area contributed by atoms with Gasteiger partial charge in [-0.3, -0.25) is 0 Å². The molecule has 0 amide bonds. The van der Waals surface area contributed by atoms with Gasteiger partial charge in [-0.1, -0.05) is 22.9 Å². The first-order valence-corrected chi connectivity index (χ1v) is 9.92. The topological polar surface area (TPSA) is 46.6 Å².